The number of halogens is 6. The summed E-state index contributed by atoms with van der Waals surface area (Å²) >= 11 is 0. The van der Waals surface area contributed by atoms with E-state index in [1.54, 1.807) is 36.7 Å². The van der Waals surface area contributed by atoms with Crippen LogP contribution in [0.2, 0.25) is 0 Å². The van der Waals surface area contributed by atoms with Crippen LogP contribution in [-0.2, 0) is 17.1 Å². The van der Waals surface area contributed by atoms with Crippen molar-refractivity contribution < 1.29 is 52.5 Å². The fraction of sp³-hybridized carbons (Fsp3) is 0.300. The van der Waals surface area contributed by atoms with Gasteiger partial charge < -0.3 is 10.2 Å². The van der Waals surface area contributed by atoms with Crippen LogP contribution in [0.4, 0.5) is 25.2 Å². The van der Waals surface area contributed by atoms with Crippen molar-refractivity contribution in [3.8, 4) is 11.5 Å². The van der Waals surface area contributed by atoms with Gasteiger partial charge in [0.2, 0.25) is 0 Å². The van der Waals surface area contributed by atoms with Crippen molar-refractivity contribution >= 4 is 20.2 Å². The van der Waals surface area contributed by atoms with Crippen molar-refractivity contribution in [1.82, 2.24) is 0 Å². The van der Waals surface area contributed by atoms with Crippen molar-refractivity contribution in [1.29, 1.82) is 0 Å². The number of aliphatic imine (C=N–C) groups is 2. The van der Waals surface area contributed by atoms with Gasteiger partial charge in [-0.2, -0.15) is 0 Å². The number of nitrogens with zero attached hydrogens (tertiary/aromatic N) is 2. The largest absolute Gasteiger partial charge is 0.507 e. The van der Waals surface area contributed by atoms with Crippen molar-refractivity contribution in [2.45, 2.75) is 37.8 Å². The fourth-order valence-electron chi connectivity index (χ4n) is 2.98. The van der Waals surface area contributed by atoms with E-state index in [2.05, 4.69) is 9.98 Å². The van der Waals surface area contributed by atoms with E-state index in [4.69, 9.17) is 0 Å². The zero-order chi connectivity index (χ0) is 23.2. The van der Waals surface area contributed by atoms with Crippen LogP contribution in [0.3, 0.4) is 0 Å². The molecule has 0 amide bonds. The third kappa shape index (κ3) is 12.1. The maximum Gasteiger partial charge on any atom is 0.124 e. The van der Waals surface area contributed by atoms with E-state index >= 15 is 0 Å². The van der Waals surface area contributed by atoms with E-state index in [0.29, 0.717) is 0 Å². The summed E-state index contributed by atoms with van der Waals surface area (Å²) in [5, 5.41) is 19.7. The van der Waals surface area contributed by atoms with Gasteiger partial charge in [0, 0.05) is 40.6 Å². The molecular formula is C20H22F6MnN2O2P-. The standard InChI is InChI=1S/C20H22N2O2.F6P.Mn/c23-19-11-5-1-7-15(19)13-21-17-9-3-4-10-18(17)22-14-16-8-2-6-12-20(16)24;1-7(2,3,4,5)6;/h1-2,5-8,11-14,17-18,23-24H,3-4,9-10H2;;/q;-1;/t17-,18-;;/m0../s1. The zero-order valence-corrected chi connectivity index (χ0v) is 18.7. The molecule has 0 bridgehead atoms. The summed E-state index contributed by atoms with van der Waals surface area (Å²) in [5.41, 5.74) is 1.46. The van der Waals surface area contributed by atoms with Crippen LogP contribution in [0, 0.1) is 0 Å². The zero-order valence-electron chi connectivity index (χ0n) is 16.6. The molecule has 12 heteroatoms. The summed E-state index contributed by atoms with van der Waals surface area (Å²) in [5.74, 6) is 0.484. The molecule has 32 heavy (non-hydrogen) atoms. The molecule has 2 N–H and O–H groups in total. The predicted octanol–water partition coefficient (Wildman–Crippen LogP) is 7.33. The van der Waals surface area contributed by atoms with Gasteiger partial charge in [0.15, 0.2) is 0 Å². The minimum atomic E-state index is -10.7. The molecule has 1 aliphatic rings. The first-order valence-electron chi connectivity index (χ1n) is 9.38. The number of rotatable bonds is 4. The molecule has 0 saturated heterocycles. The third-order valence-electron chi connectivity index (χ3n) is 4.38. The molecule has 4 nitrogen and oxygen atoms in total. The number of aromatic hydroxyl groups is 2. The average Bonchev–Trinajstić information content (AvgIpc) is 2.65. The molecule has 2 atom stereocenters. The van der Waals surface area contributed by atoms with Crippen molar-refractivity contribution in [3.63, 3.8) is 0 Å². The summed E-state index contributed by atoms with van der Waals surface area (Å²) in [6.07, 6.45) is 7.76. The van der Waals surface area contributed by atoms with E-state index in [-0.39, 0.29) is 40.7 Å². The average molecular weight is 522 g/mol. The van der Waals surface area contributed by atoms with Gasteiger partial charge in [-0.1, -0.05) is 37.1 Å². The third-order valence-corrected chi connectivity index (χ3v) is 4.38. The molecule has 179 valence electrons. The van der Waals surface area contributed by atoms with Gasteiger partial charge in [0.05, 0.1) is 12.1 Å². The van der Waals surface area contributed by atoms with Gasteiger partial charge in [-0.25, -0.2) is 0 Å². The molecule has 0 unspecified atom stereocenters. The quantitative estimate of drug-likeness (QED) is 0.191. The predicted molar refractivity (Wildman–Crippen MR) is 111 cm³/mol. The second-order valence-electron chi connectivity index (χ2n) is 7.05. The van der Waals surface area contributed by atoms with Crippen LogP contribution in [0.5, 0.6) is 11.5 Å². The Bertz CT molecular complexity index is 880. The molecule has 0 aliphatic heterocycles. The molecular weight excluding hydrogens is 500 g/mol. The first kappa shape index (κ1) is 27.9. The first-order chi connectivity index (χ1) is 14.2. The molecule has 1 fully saturated rings. The van der Waals surface area contributed by atoms with Gasteiger partial charge >= 0.3 is 33.0 Å². The number of para-hydroxylation sites is 2. The number of phenolic OH excluding ortho intramolecular Hbond substituents is 2. The molecule has 0 aromatic heterocycles. The van der Waals surface area contributed by atoms with Gasteiger partial charge in [0.25, 0.3) is 0 Å². The maximum atomic E-state index is 9.87. The van der Waals surface area contributed by atoms with Crippen LogP contribution in [0.15, 0.2) is 58.5 Å². The van der Waals surface area contributed by atoms with E-state index in [1.807, 2.05) is 24.3 Å². The minimum absolute atomic E-state index is 0. The van der Waals surface area contributed by atoms with Gasteiger partial charge in [-0.05, 0) is 37.1 Å². The number of benzene rings is 2. The van der Waals surface area contributed by atoms with Crippen LogP contribution in [0.1, 0.15) is 36.8 Å². The first-order valence-corrected chi connectivity index (χ1v) is 11.4. The monoisotopic (exact) mass is 522 g/mol. The molecule has 0 spiro atoms. The van der Waals surface area contributed by atoms with Gasteiger partial charge in [-0.3, -0.25) is 9.98 Å². The van der Waals surface area contributed by atoms with Crippen LogP contribution >= 0.6 is 7.81 Å². The molecule has 0 heterocycles. The van der Waals surface area contributed by atoms with Crippen LogP contribution < -0.4 is 0 Å². The summed E-state index contributed by atoms with van der Waals surface area (Å²) in [7, 11) is -10.7. The minimum Gasteiger partial charge on any atom is -0.507 e. The van der Waals surface area contributed by atoms with Crippen molar-refractivity contribution in [2.75, 3.05) is 0 Å². The van der Waals surface area contributed by atoms with Gasteiger partial charge in [-0.15, -0.1) is 0 Å². The SMILES string of the molecule is F[P-](F)(F)(F)(F)F.Oc1ccccc1C=N[C@H]1CCCC[C@@H]1N=Cc1ccccc1O.[Mn]. The second-order valence-corrected chi connectivity index (χ2v) is 8.97. The Morgan fingerprint density at radius 1 is 0.688 bits per heavy atom. The Labute approximate surface area is 191 Å². The Hall–Kier alpha value is -2.09. The molecule has 3 rings (SSSR count). The number of hydrogen-bond donors (Lipinski definition) is 2. The molecule has 2 aromatic rings. The summed E-state index contributed by atoms with van der Waals surface area (Å²) in [6, 6.07) is 14.6. The van der Waals surface area contributed by atoms with E-state index in [9.17, 15) is 35.4 Å². The van der Waals surface area contributed by atoms with E-state index in [1.165, 1.54) is 0 Å². The second kappa shape index (κ2) is 10.2. The normalized spacial score (nSPS) is 21.2. The molecule has 1 radical (unpaired) electrons. The van der Waals surface area contributed by atoms with Crippen molar-refractivity contribution in [3.05, 3.63) is 59.7 Å². The molecule has 1 saturated carbocycles. The topological polar surface area (TPSA) is 65.2 Å². The summed E-state index contributed by atoms with van der Waals surface area (Å²) < 4.78 is 59.2. The molecule has 2 aromatic carbocycles. The maximum absolute atomic E-state index is 10.7. The Balaban J connectivity index is 0.000000558. The Morgan fingerprint density at radius 2 is 1.00 bits per heavy atom. The Morgan fingerprint density at radius 3 is 1.31 bits per heavy atom. The number of hydrogen-bond acceptors (Lipinski definition) is 4. The summed E-state index contributed by atoms with van der Waals surface area (Å²) in [6.45, 7) is 0. The number of phenols is 2. The van der Waals surface area contributed by atoms with E-state index in [0.717, 1.165) is 36.8 Å². The van der Waals surface area contributed by atoms with E-state index < -0.39 is 7.81 Å². The fourth-order valence-corrected chi connectivity index (χ4v) is 2.98. The van der Waals surface area contributed by atoms with Gasteiger partial charge in [0.1, 0.15) is 11.5 Å². The van der Waals surface area contributed by atoms with Crippen molar-refractivity contribution in [2.24, 2.45) is 9.98 Å². The summed E-state index contributed by atoms with van der Waals surface area (Å²) in [4.78, 5) is 9.34. The van der Waals surface area contributed by atoms with Crippen LogP contribution in [-0.4, -0.2) is 34.7 Å². The Kier molecular flexibility index (Phi) is 8.94. The van der Waals surface area contributed by atoms with Crippen LogP contribution in [0.25, 0.3) is 0 Å². The smallest absolute Gasteiger partial charge is 0.124 e. The molecule has 1 aliphatic carbocycles.